The van der Waals surface area contributed by atoms with Gasteiger partial charge in [0, 0.05) is 10.7 Å². The van der Waals surface area contributed by atoms with E-state index in [1.807, 2.05) is 12.1 Å². The zero-order valence-electron chi connectivity index (χ0n) is 10.8. The minimum atomic E-state index is -0.899. The number of anilines is 1. The number of carbonyl (C=O) groups is 1. The lowest BCUT2D eigenvalue weighted by Crippen LogP contribution is -2.25. The van der Waals surface area contributed by atoms with Crippen molar-refractivity contribution in [2.45, 2.75) is 13.0 Å². The van der Waals surface area contributed by atoms with Gasteiger partial charge in [-0.15, -0.1) is 0 Å². The van der Waals surface area contributed by atoms with Gasteiger partial charge in [0.05, 0.1) is 0 Å². The molecule has 2 N–H and O–H groups in total. The normalized spacial score (nSPS) is 11.7. The Morgan fingerprint density at radius 1 is 1.20 bits per heavy atom. The van der Waals surface area contributed by atoms with Gasteiger partial charge in [-0.3, -0.25) is 4.79 Å². The fourth-order valence-electron chi connectivity index (χ4n) is 1.60. The number of nitrogens with one attached hydrogen (secondary N) is 1. The van der Waals surface area contributed by atoms with Gasteiger partial charge >= 0.3 is 5.97 Å². The van der Waals surface area contributed by atoms with E-state index in [-0.39, 0.29) is 0 Å². The zero-order chi connectivity index (χ0) is 14.5. The maximum Gasteiger partial charge on any atom is 0.325 e. The highest BCUT2D eigenvalue weighted by atomic mass is 35.5. The summed E-state index contributed by atoms with van der Waals surface area (Å²) in [7, 11) is 0. The van der Waals surface area contributed by atoms with E-state index in [4.69, 9.17) is 21.4 Å². The average molecular weight is 292 g/mol. The summed E-state index contributed by atoms with van der Waals surface area (Å²) in [5.41, 5.74) is 0.721. The molecule has 0 aliphatic rings. The van der Waals surface area contributed by atoms with Crippen LogP contribution in [0.15, 0.2) is 48.5 Å². The number of rotatable bonds is 5. The predicted molar refractivity (Wildman–Crippen MR) is 78.7 cm³/mol. The second-order valence-electron chi connectivity index (χ2n) is 4.29. The van der Waals surface area contributed by atoms with Crippen LogP contribution in [0.5, 0.6) is 11.5 Å². The molecule has 0 spiro atoms. The van der Waals surface area contributed by atoms with Crippen molar-refractivity contribution < 1.29 is 14.6 Å². The third kappa shape index (κ3) is 3.90. The molecule has 0 amide bonds. The van der Waals surface area contributed by atoms with Crippen LogP contribution in [-0.2, 0) is 4.79 Å². The van der Waals surface area contributed by atoms with Crippen LogP contribution in [0.4, 0.5) is 5.69 Å². The summed E-state index contributed by atoms with van der Waals surface area (Å²) in [4.78, 5) is 10.7. The Bertz CT molecular complexity index is 598. The van der Waals surface area contributed by atoms with E-state index in [9.17, 15) is 4.79 Å². The van der Waals surface area contributed by atoms with E-state index in [2.05, 4.69) is 5.32 Å². The lowest BCUT2D eigenvalue weighted by atomic mass is 10.2. The fraction of sp³-hybridized carbons (Fsp3) is 0.133. The molecule has 0 aromatic heterocycles. The van der Waals surface area contributed by atoms with Crippen molar-refractivity contribution in [3.05, 3.63) is 53.6 Å². The highest BCUT2D eigenvalue weighted by molar-refractivity contribution is 6.30. The molecule has 5 heteroatoms. The third-order valence-electron chi connectivity index (χ3n) is 2.64. The summed E-state index contributed by atoms with van der Waals surface area (Å²) < 4.78 is 5.64. The highest BCUT2D eigenvalue weighted by Crippen LogP contribution is 2.25. The van der Waals surface area contributed by atoms with Gasteiger partial charge < -0.3 is 15.2 Å². The Labute approximate surface area is 122 Å². The number of halogens is 1. The van der Waals surface area contributed by atoms with Crippen molar-refractivity contribution in [2.24, 2.45) is 0 Å². The fourth-order valence-corrected chi connectivity index (χ4v) is 1.78. The Hall–Kier alpha value is -2.20. The third-order valence-corrected chi connectivity index (χ3v) is 2.87. The Morgan fingerprint density at radius 2 is 1.90 bits per heavy atom. The molecule has 4 nitrogen and oxygen atoms in total. The highest BCUT2D eigenvalue weighted by Gasteiger charge is 2.09. The van der Waals surface area contributed by atoms with E-state index in [0.29, 0.717) is 16.5 Å². The SMILES string of the molecule is C[C@H](Nc1ccc(Oc2cccc(Cl)c2)cc1)C(=O)O. The van der Waals surface area contributed by atoms with Gasteiger partial charge in [0.2, 0.25) is 0 Å². The molecule has 2 aromatic rings. The molecule has 0 heterocycles. The van der Waals surface area contributed by atoms with E-state index in [1.165, 1.54) is 0 Å². The molecule has 20 heavy (non-hydrogen) atoms. The molecule has 0 radical (unpaired) electrons. The molecule has 0 fully saturated rings. The molecule has 0 bridgehead atoms. The van der Waals surface area contributed by atoms with E-state index in [1.54, 1.807) is 43.3 Å². The van der Waals surface area contributed by atoms with Crippen molar-refractivity contribution in [3.8, 4) is 11.5 Å². The molecule has 2 rings (SSSR count). The lowest BCUT2D eigenvalue weighted by molar-refractivity contribution is -0.137. The number of aliphatic carboxylic acids is 1. The van der Waals surface area contributed by atoms with Gasteiger partial charge in [0.25, 0.3) is 0 Å². The van der Waals surface area contributed by atoms with Crippen molar-refractivity contribution in [1.82, 2.24) is 0 Å². The maximum absolute atomic E-state index is 10.7. The smallest absolute Gasteiger partial charge is 0.325 e. The van der Waals surface area contributed by atoms with Crippen molar-refractivity contribution >= 4 is 23.3 Å². The molecule has 2 aromatic carbocycles. The zero-order valence-corrected chi connectivity index (χ0v) is 11.6. The first-order chi connectivity index (χ1) is 9.54. The number of carboxylic acid groups (broad SMARTS) is 1. The molecule has 0 aliphatic carbocycles. The quantitative estimate of drug-likeness (QED) is 0.873. The van der Waals surface area contributed by atoms with E-state index < -0.39 is 12.0 Å². The Kier molecular flexibility index (Phi) is 4.48. The summed E-state index contributed by atoms with van der Waals surface area (Å²) in [5.74, 6) is 0.405. The van der Waals surface area contributed by atoms with Crippen LogP contribution < -0.4 is 10.1 Å². The summed E-state index contributed by atoms with van der Waals surface area (Å²) in [6.45, 7) is 1.58. The first kappa shape index (κ1) is 14.2. The summed E-state index contributed by atoms with van der Waals surface area (Å²) in [5, 5.41) is 12.3. The number of hydrogen-bond acceptors (Lipinski definition) is 3. The molecule has 1 atom stereocenters. The Balaban J connectivity index is 2.03. The largest absolute Gasteiger partial charge is 0.480 e. The van der Waals surface area contributed by atoms with Crippen molar-refractivity contribution in [1.29, 1.82) is 0 Å². The lowest BCUT2D eigenvalue weighted by Gasteiger charge is -2.11. The van der Waals surface area contributed by atoms with Crippen LogP contribution in [0.25, 0.3) is 0 Å². The van der Waals surface area contributed by atoms with Gasteiger partial charge in [-0.05, 0) is 49.4 Å². The van der Waals surface area contributed by atoms with Gasteiger partial charge in [-0.2, -0.15) is 0 Å². The molecule has 0 saturated heterocycles. The number of carboxylic acids is 1. The van der Waals surface area contributed by atoms with Crippen molar-refractivity contribution in [2.75, 3.05) is 5.32 Å². The van der Waals surface area contributed by atoms with E-state index >= 15 is 0 Å². The molecular weight excluding hydrogens is 278 g/mol. The van der Waals surface area contributed by atoms with Crippen LogP contribution in [-0.4, -0.2) is 17.1 Å². The van der Waals surface area contributed by atoms with Crippen LogP contribution in [0.1, 0.15) is 6.92 Å². The first-order valence-electron chi connectivity index (χ1n) is 6.07. The van der Waals surface area contributed by atoms with E-state index in [0.717, 1.165) is 5.69 Å². The van der Waals surface area contributed by atoms with Gasteiger partial charge in [0.15, 0.2) is 0 Å². The minimum Gasteiger partial charge on any atom is -0.480 e. The molecular formula is C15H14ClNO3. The van der Waals surface area contributed by atoms with Crippen molar-refractivity contribution in [3.63, 3.8) is 0 Å². The monoisotopic (exact) mass is 291 g/mol. The predicted octanol–water partition coefficient (Wildman–Crippen LogP) is 4.02. The standard InChI is InChI=1S/C15H14ClNO3/c1-10(15(18)19)17-12-5-7-13(8-6-12)20-14-4-2-3-11(16)9-14/h2-10,17H,1H3,(H,18,19)/t10-/m0/s1. The number of hydrogen-bond donors (Lipinski definition) is 2. The summed E-state index contributed by atoms with van der Waals surface area (Å²) in [6.07, 6.45) is 0. The maximum atomic E-state index is 10.7. The topological polar surface area (TPSA) is 58.6 Å². The van der Waals surface area contributed by atoms with Crippen LogP contribution >= 0.6 is 11.6 Å². The second kappa shape index (κ2) is 6.30. The minimum absolute atomic E-state index is 0.607. The van der Waals surface area contributed by atoms with Crippen LogP contribution in [0, 0.1) is 0 Å². The van der Waals surface area contributed by atoms with Gasteiger partial charge in [0.1, 0.15) is 17.5 Å². The molecule has 0 aliphatic heterocycles. The first-order valence-corrected chi connectivity index (χ1v) is 6.45. The number of ether oxygens (including phenoxy) is 1. The second-order valence-corrected chi connectivity index (χ2v) is 4.72. The summed E-state index contributed by atoms with van der Waals surface area (Å²) in [6, 6.07) is 13.5. The van der Waals surface area contributed by atoms with Crippen LogP contribution in [0.3, 0.4) is 0 Å². The van der Waals surface area contributed by atoms with Crippen LogP contribution in [0.2, 0.25) is 5.02 Å². The summed E-state index contributed by atoms with van der Waals surface area (Å²) >= 11 is 5.88. The molecule has 0 saturated carbocycles. The molecule has 104 valence electrons. The Morgan fingerprint density at radius 3 is 2.50 bits per heavy atom. The number of benzene rings is 2. The average Bonchev–Trinajstić information content (AvgIpc) is 2.41. The van der Waals surface area contributed by atoms with Gasteiger partial charge in [-0.25, -0.2) is 0 Å². The molecule has 0 unspecified atom stereocenters. The van der Waals surface area contributed by atoms with Gasteiger partial charge in [-0.1, -0.05) is 17.7 Å².